The van der Waals surface area contributed by atoms with Gasteiger partial charge in [-0.05, 0) is 30.5 Å². The first kappa shape index (κ1) is 10.6. The van der Waals surface area contributed by atoms with E-state index in [1.54, 1.807) is 12.1 Å². The quantitative estimate of drug-likeness (QED) is 0.864. The molecule has 0 spiro atoms. The average Bonchev–Trinajstić information content (AvgIpc) is 2.13. The molecule has 0 aliphatic heterocycles. The first-order chi connectivity index (χ1) is 7.04. The summed E-state index contributed by atoms with van der Waals surface area (Å²) in [5.74, 6) is -0.852. The zero-order chi connectivity index (χ0) is 11.1. The normalized spacial score (nSPS) is 29.6. The van der Waals surface area contributed by atoms with Gasteiger partial charge in [-0.2, -0.15) is 0 Å². The molecule has 0 amide bonds. The summed E-state index contributed by atoms with van der Waals surface area (Å²) >= 11 is 3.30. The third-order valence-electron chi connectivity index (χ3n) is 2.97. The lowest BCUT2D eigenvalue weighted by Gasteiger charge is -2.42. The van der Waals surface area contributed by atoms with Crippen molar-refractivity contribution in [1.29, 1.82) is 0 Å². The van der Waals surface area contributed by atoms with Gasteiger partial charge in [-0.15, -0.1) is 0 Å². The molecule has 1 fully saturated rings. The summed E-state index contributed by atoms with van der Waals surface area (Å²) in [5, 5.41) is 18.5. The number of halogens is 1. The Morgan fingerprint density at radius 3 is 2.27 bits per heavy atom. The fourth-order valence-corrected chi connectivity index (χ4v) is 2.31. The summed E-state index contributed by atoms with van der Waals surface area (Å²) in [4.78, 5) is 11.2. The summed E-state index contributed by atoms with van der Waals surface area (Å²) in [7, 11) is 0. The average molecular weight is 271 g/mol. The number of aliphatic hydroxyl groups excluding tert-OH is 1. The molecule has 80 valence electrons. The fourth-order valence-electron chi connectivity index (χ4n) is 2.05. The van der Waals surface area contributed by atoms with Crippen LogP contribution in [0.15, 0.2) is 28.7 Å². The van der Waals surface area contributed by atoms with Gasteiger partial charge in [0.1, 0.15) is 0 Å². The fraction of sp³-hybridized carbons (Fsp3) is 0.364. The zero-order valence-corrected chi connectivity index (χ0v) is 9.57. The highest BCUT2D eigenvalue weighted by Gasteiger charge is 2.51. The van der Waals surface area contributed by atoms with Crippen LogP contribution < -0.4 is 0 Å². The molecule has 0 aromatic heterocycles. The van der Waals surface area contributed by atoms with Crippen LogP contribution in [-0.4, -0.2) is 22.3 Å². The van der Waals surface area contributed by atoms with Crippen molar-refractivity contribution in [2.75, 3.05) is 0 Å². The number of hydrogen-bond donors (Lipinski definition) is 2. The van der Waals surface area contributed by atoms with Crippen LogP contribution in [0.4, 0.5) is 0 Å². The Balaban J connectivity index is 2.34. The molecular weight excluding hydrogens is 260 g/mol. The molecule has 0 unspecified atom stereocenters. The molecule has 3 nitrogen and oxygen atoms in total. The van der Waals surface area contributed by atoms with Crippen LogP contribution in [0.3, 0.4) is 0 Å². The van der Waals surface area contributed by atoms with Crippen molar-refractivity contribution in [3.63, 3.8) is 0 Å². The maximum atomic E-state index is 11.2. The zero-order valence-electron chi connectivity index (χ0n) is 7.98. The Morgan fingerprint density at radius 1 is 1.33 bits per heavy atom. The highest BCUT2D eigenvalue weighted by molar-refractivity contribution is 9.10. The van der Waals surface area contributed by atoms with Gasteiger partial charge < -0.3 is 10.2 Å². The number of hydrogen-bond acceptors (Lipinski definition) is 2. The van der Waals surface area contributed by atoms with Crippen molar-refractivity contribution in [2.45, 2.75) is 24.4 Å². The summed E-state index contributed by atoms with van der Waals surface area (Å²) in [6.45, 7) is 0. The first-order valence-corrected chi connectivity index (χ1v) is 5.51. The number of aliphatic carboxylic acids is 1. The Bertz CT molecular complexity index is 379. The third kappa shape index (κ3) is 1.68. The summed E-state index contributed by atoms with van der Waals surface area (Å²) in [6, 6.07) is 7.24. The Labute approximate surface area is 95.9 Å². The number of benzene rings is 1. The molecule has 0 atom stereocenters. The molecule has 2 rings (SSSR count). The van der Waals surface area contributed by atoms with E-state index in [1.165, 1.54) is 0 Å². The molecule has 1 aromatic carbocycles. The minimum absolute atomic E-state index is 0.309. The van der Waals surface area contributed by atoms with Gasteiger partial charge in [0.2, 0.25) is 0 Å². The van der Waals surface area contributed by atoms with Crippen LogP contribution >= 0.6 is 15.9 Å². The molecular formula is C11H11BrO3. The van der Waals surface area contributed by atoms with Gasteiger partial charge in [-0.25, -0.2) is 0 Å². The molecule has 0 radical (unpaired) electrons. The van der Waals surface area contributed by atoms with Gasteiger partial charge in [-0.1, -0.05) is 28.1 Å². The van der Waals surface area contributed by atoms with E-state index in [4.69, 9.17) is 0 Å². The number of carboxylic acid groups (broad SMARTS) is 1. The lowest BCUT2D eigenvalue weighted by molar-refractivity contribution is -0.152. The van der Waals surface area contributed by atoms with Crippen molar-refractivity contribution in [3.8, 4) is 0 Å². The van der Waals surface area contributed by atoms with Crippen LogP contribution in [0.1, 0.15) is 18.4 Å². The molecule has 0 heterocycles. The summed E-state index contributed by atoms with van der Waals surface area (Å²) in [6.07, 6.45) is 0.137. The molecule has 1 aliphatic carbocycles. The van der Waals surface area contributed by atoms with Crippen LogP contribution in [0, 0.1) is 0 Å². The Kier molecular flexibility index (Phi) is 2.56. The molecule has 0 saturated heterocycles. The Hall–Kier alpha value is -0.870. The van der Waals surface area contributed by atoms with Gasteiger partial charge in [0.25, 0.3) is 0 Å². The second-order valence-corrected chi connectivity index (χ2v) is 4.87. The largest absolute Gasteiger partial charge is 0.481 e. The van der Waals surface area contributed by atoms with Crippen LogP contribution in [-0.2, 0) is 10.2 Å². The molecule has 1 aliphatic rings. The number of carboxylic acids is 1. The van der Waals surface area contributed by atoms with E-state index in [-0.39, 0.29) is 0 Å². The molecule has 1 saturated carbocycles. The maximum absolute atomic E-state index is 11.2. The summed E-state index contributed by atoms with van der Waals surface area (Å²) < 4.78 is 0.923. The highest BCUT2D eigenvalue weighted by atomic mass is 79.9. The van der Waals surface area contributed by atoms with Gasteiger partial charge >= 0.3 is 5.97 Å². The molecule has 2 N–H and O–H groups in total. The predicted molar refractivity (Wildman–Crippen MR) is 58.7 cm³/mol. The lowest BCUT2D eigenvalue weighted by atomic mass is 9.63. The smallest absolute Gasteiger partial charge is 0.314 e. The first-order valence-electron chi connectivity index (χ1n) is 4.72. The van der Waals surface area contributed by atoms with E-state index in [0.29, 0.717) is 12.8 Å². The molecule has 0 bridgehead atoms. The van der Waals surface area contributed by atoms with E-state index >= 15 is 0 Å². The highest BCUT2D eigenvalue weighted by Crippen LogP contribution is 2.44. The van der Waals surface area contributed by atoms with E-state index in [0.717, 1.165) is 10.0 Å². The van der Waals surface area contributed by atoms with Crippen molar-refractivity contribution < 1.29 is 15.0 Å². The van der Waals surface area contributed by atoms with Crippen LogP contribution in [0.2, 0.25) is 0 Å². The number of carbonyl (C=O) groups is 1. The second-order valence-electron chi connectivity index (χ2n) is 3.96. The van der Waals surface area contributed by atoms with E-state index < -0.39 is 17.5 Å². The SMILES string of the molecule is O=C(O)[C@]1(c2ccc(Br)cc2)C[C@H](O)C1. The van der Waals surface area contributed by atoms with Crippen molar-refractivity contribution >= 4 is 21.9 Å². The van der Waals surface area contributed by atoms with Crippen LogP contribution in [0.5, 0.6) is 0 Å². The van der Waals surface area contributed by atoms with E-state index in [2.05, 4.69) is 15.9 Å². The monoisotopic (exact) mass is 270 g/mol. The van der Waals surface area contributed by atoms with Gasteiger partial charge in [0, 0.05) is 4.47 Å². The van der Waals surface area contributed by atoms with Crippen molar-refractivity contribution in [2.24, 2.45) is 0 Å². The van der Waals surface area contributed by atoms with Gasteiger partial charge in [0.05, 0.1) is 11.5 Å². The van der Waals surface area contributed by atoms with Crippen molar-refractivity contribution in [1.82, 2.24) is 0 Å². The van der Waals surface area contributed by atoms with Gasteiger partial charge in [0.15, 0.2) is 0 Å². The Morgan fingerprint density at radius 2 is 1.87 bits per heavy atom. The molecule has 15 heavy (non-hydrogen) atoms. The lowest BCUT2D eigenvalue weighted by Crippen LogP contribution is -2.50. The topological polar surface area (TPSA) is 57.5 Å². The minimum Gasteiger partial charge on any atom is -0.481 e. The van der Waals surface area contributed by atoms with E-state index in [1.807, 2.05) is 12.1 Å². The number of rotatable bonds is 2. The second kappa shape index (κ2) is 3.61. The standard InChI is InChI=1S/C11H11BrO3/c12-8-3-1-7(2-4-8)11(10(14)15)5-9(13)6-11/h1-4,9,13H,5-6H2,(H,14,15)/t9-,11+. The van der Waals surface area contributed by atoms with Crippen LogP contribution in [0.25, 0.3) is 0 Å². The summed E-state index contributed by atoms with van der Waals surface area (Å²) in [5.41, 5.74) is -0.108. The maximum Gasteiger partial charge on any atom is 0.314 e. The minimum atomic E-state index is -0.875. The number of aliphatic hydroxyl groups is 1. The third-order valence-corrected chi connectivity index (χ3v) is 3.50. The molecule has 1 aromatic rings. The molecule has 4 heteroatoms. The van der Waals surface area contributed by atoms with E-state index in [9.17, 15) is 15.0 Å². The predicted octanol–water partition coefficient (Wildman–Crippen LogP) is 1.93. The van der Waals surface area contributed by atoms with Crippen molar-refractivity contribution in [3.05, 3.63) is 34.3 Å². The van der Waals surface area contributed by atoms with Gasteiger partial charge in [-0.3, -0.25) is 4.79 Å².